The van der Waals surface area contributed by atoms with Gasteiger partial charge in [-0.15, -0.1) is 0 Å². The fourth-order valence-corrected chi connectivity index (χ4v) is 3.44. The number of nitrogens with zero attached hydrogens (tertiary/aromatic N) is 1. The van der Waals surface area contributed by atoms with Gasteiger partial charge in [0.25, 0.3) is 0 Å². The predicted molar refractivity (Wildman–Crippen MR) is 87.7 cm³/mol. The Kier molecular flexibility index (Phi) is 5.21. The lowest BCUT2D eigenvalue weighted by Gasteiger charge is -2.46. The van der Waals surface area contributed by atoms with E-state index in [9.17, 15) is 10.2 Å². The van der Waals surface area contributed by atoms with Crippen LogP contribution in [0.4, 0.5) is 0 Å². The van der Waals surface area contributed by atoms with Crippen molar-refractivity contribution in [2.24, 2.45) is 0 Å². The molecule has 0 aromatic heterocycles. The first-order chi connectivity index (χ1) is 11.1. The molecule has 2 atom stereocenters. The van der Waals surface area contributed by atoms with Crippen molar-refractivity contribution in [1.29, 1.82) is 0 Å². The maximum absolute atomic E-state index is 10.9. The Balaban J connectivity index is 1.61. The van der Waals surface area contributed by atoms with Gasteiger partial charge in [-0.3, -0.25) is 4.90 Å². The van der Waals surface area contributed by atoms with Gasteiger partial charge in [0, 0.05) is 32.3 Å². The van der Waals surface area contributed by atoms with Crippen LogP contribution in [0.5, 0.6) is 5.75 Å². The molecule has 2 saturated heterocycles. The van der Waals surface area contributed by atoms with Gasteiger partial charge in [0.15, 0.2) is 0 Å². The number of piperidine rings is 1. The van der Waals surface area contributed by atoms with E-state index in [0.29, 0.717) is 19.0 Å². The molecule has 2 N–H and O–H groups in total. The summed E-state index contributed by atoms with van der Waals surface area (Å²) in [7, 11) is 0. The first-order valence-electron chi connectivity index (χ1n) is 8.48. The van der Waals surface area contributed by atoms with Crippen molar-refractivity contribution in [3.05, 3.63) is 29.8 Å². The molecule has 0 unspecified atom stereocenters. The zero-order valence-corrected chi connectivity index (χ0v) is 13.8. The summed E-state index contributed by atoms with van der Waals surface area (Å²) in [6.07, 6.45) is 1.81. The highest BCUT2D eigenvalue weighted by molar-refractivity contribution is 5.26. The summed E-state index contributed by atoms with van der Waals surface area (Å²) in [6, 6.07) is 8.17. The summed E-state index contributed by atoms with van der Waals surface area (Å²) in [4.78, 5) is 2.29. The van der Waals surface area contributed by atoms with E-state index >= 15 is 0 Å². The first-order valence-corrected chi connectivity index (χ1v) is 8.48. The molecule has 2 heterocycles. The normalized spacial score (nSPS) is 30.3. The second kappa shape index (κ2) is 7.18. The van der Waals surface area contributed by atoms with Crippen LogP contribution >= 0.6 is 0 Å². The Morgan fingerprint density at radius 1 is 1.22 bits per heavy atom. The van der Waals surface area contributed by atoms with Gasteiger partial charge < -0.3 is 19.7 Å². The molecule has 128 valence electrons. The molecule has 0 saturated carbocycles. The number of hydrogen-bond donors (Lipinski definition) is 2. The van der Waals surface area contributed by atoms with Crippen molar-refractivity contribution in [3.8, 4) is 5.75 Å². The lowest BCUT2D eigenvalue weighted by Crippen LogP contribution is -2.62. The molecule has 1 aromatic rings. The summed E-state index contributed by atoms with van der Waals surface area (Å²) in [5, 5.41) is 21.2. The van der Waals surface area contributed by atoms with Gasteiger partial charge in [-0.1, -0.05) is 17.7 Å². The van der Waals surface area contributed by atoms with Crippen LogP contribution in [-0.2, 0) is 4.74 Å². The van der Waals surface area contributed by atoms with Crippen LogP contribution < -0.4 is 4.74 Å². The van der Waals surface area contributed by atoms with Crippen molar-refractivity contribution >= 4 is 0 Å². The zero-order valence-electron chi connectivity index (χ0n) is 13.8. The van der Waals surface area contributed by atoms with Crippen LogP contribution in [0.3, 0.4) is 0 Å². The Morgan fingerprint density at radius 3 is 2.61 bits per heavy atom. The molecule has 5 heteroatoms. The van der Waals surface area contributed by atoms with Crippen LogP contribution in [0.1, 0.15) is 24.8 Å². The SMILES string of the molecule is Cc1ccc(OC[C@@]2(O)CN(C3CCOCC3)CC[C@@H]2O)cc1. The third kappa shape index (κ3) is 4.04. The minimum absolute atomic E-state index is 0.108. The van der Waals surface area contributed by atoms with Gasteiger partial charge in [-0.05, 0) is 38.3 Å². The molecule has 0 radical (unpaired) electrons. The van der Waals surface area contributed by atoms with Crippen LogP contribution in [0, 0.1) is 6.92 Å². The maximum Gasteiger partial charge on any atom is 0.137 e. The third-order valence-electron chi connectivity index (χ3n) is 5.00. The topological polar surface area (TPSA) is 62.2 Å². The van der Waals surface area contributed by atoms with Crippen LogP contribution in [0.25, 0.3) is 0 Å². The maximum atomic E-state index is 10.9. The molecule has 2 fully saturated rings. The second-order valence-corrected chi connectivity index (χ2v) is 6.82. The van der Waals surface area contributed by atoms with Crippen molar-refractivity contribution in [3.63, 3.8) is 0 Å². The number of likely N-dealkylation sites (tertiary alicyclic amines) is 1. The van der Waals surface area contributed by atoms with Crippen molar-refractivity contribution in [2.45, 2.75) is 43.9 Å². The molecular formula is C18H27NO4. The molecule has 0 spiro atoms. The quantitative estimate of drug-likeness (QED) is 0.876. The molecular weight excluding hydrogens is 294 g/mol. The number of rotatable bonds is 4. The summed E-state index contributed by atoms with van der Waals surface area (Å²) in [5.74, 6) is 0.722. The monoisotopic (exact) mass is 321 g/mol. The average molecular weight is 321 g/mol. The lowest BCUT2D eigenvalue weighted by atomic mass is 9.88. The largest absolute Gasteiger partial charge is 0.490 e. The molecule has 0 bridgehead atoms. The van der Waals surface area contributed by atoms with Crippen LogP contribution in [0.15, 0.2) is 24.3 Å². The van der Waals surface area contributed by atoms with E-state index < -0.39 is 11.7 Å². The molecule has 1 aromatic carbocycles. The van der Waals surface area contributed by atoms with Crippen LogP contribution in [-0.4, -0.2) is 65.8 Å². The minimum Gasteiger partial charge on any atom is -0.490 e. The van der Waals surface area contributed by atoms with Gasteiger partial charge in [0.2, 0.25) is 0 Å². The van der Waals surface area contributed by atoms with E-state index in [-0.39, 0.29) is 6.61 Å². The van der Waals surface area contributed by atoms with Crippen molar-refractivity contribution in [2.75, 3.05) is 32.9 Å². The van der Waals surface area contributed by atoms with Gasteiger partial charge in [0.05, 0.1) is 6.10 Å². The zero-order chi connectivity index (χ0) is 16.3. The van der Waals surface area contributed by atoms with E-state index in [1.54, 1.807) is 0 Å². The fraction of sp³-hybridized carbons (Fsp3) is 0.667. The molecule has 5 nitrogen and oxygen atoms in total. The number of ether oxygens (including phenoxy) is 2. The van der Waals surface area contributed by atoms with E-state index in [2.05, 4.69) is 4.90 Å². The Hall–Kier alpha value is -1.14. The van der Waals surface area contributed by atoms with Crippen LogP contribution in [0.2, 0.25) is 0 Å². The van der Waals surface area contributed by atoms with Crippen molar-refractivity contribution in [1.82, 2.24) is 4.90 Å². The second-order valence-electron chi connectivity index (χ2n) is 6.82. The number of aliphatic hydroxyl groups excluding tert-OH is 1. The number of benzene rings is 1. The number of β-amino-alcohol motifs (C(OH)–C–C–N with tert-alkyl or cyclic N) is 1. The van der Waals surface area contributed by atoms with Crippen molar-refractivity contribution < 1.29 is 19.7 Å². The molecule has 2 aliphatic heterocycles. The standard InChI is InChI=1S/C18H27NO4/c1-14-2-4-16(5-3-14)23-13-18(21)12-19(9-6-17(18)20)15-7-10-22-11-8-15/h2-5,15,17,20-21H,6-13H2,1H3/t17-,18-/m0/s1. The summed E-state index contributed by atoms with van der Waals surface area (Å²) < 4.78 is 11.2. The molecule has 0 amide bonds. The highest BCUT2D eigenvalue weighted by Gasteiger charge is 2.43. The highest BCUT2D eigenvalue weighted by atomic mass is 16.5. The van der Waals surface area contributed by atoms with E-state index in [1.165, 1.54) is 5.56 Å². The third-order valence-corrected chi connectivity index (χ3v) is 5.00. The van der Waals surface area contributed by atoms with E-state index in [4.69, 9.17) is 9.47 Å². The van der Waals surface area contributed by atoms with Gasteiger partial charge in [-0.25, -0.2) is 0 Å². The molecule has 3 rings (SSSR count). The smallest absolute Gasteiger partial charge is 0.137 e. The molecule has 0 aliphatic carbocycles. The van der Waals surface area contributed by atoms with E-state index in [1.807, 2.05) is 31.2 Å². The number of aliphatic hydroxyl groups is 2. The van der Waals surface area contributed by atoms with Gasteiger partial charge >= 0.3 is 0 Å². The highest BCUT2D eigenvalue weighted by Crippen LogP contribution is 2.27. The Bertz CT molecular complexity index is 500. The van der Waals surface area contributed by atoms with E-state index in [0.717, 1.165) is 38.3 Å². The summed E-state index contributed by atoms with van der Waals surface area (Å²) in [5.41, 5.74) is -0.0546. The summed E-state index contributed by atoms with van der Waals surface area (Å²) >= 11 is 0. The average Bonchev–Trinajstić information content (AvgIpc) is 2.58. The Labute approximate surface area is 137 Å². The lowest BCUT2D eigenvalue weighted by molar-refractivity contribution is -0.149. The molecule has 23 heavy (non-hydrogen) atoms. The van der Waals surface area contributed by atoms with Gasteiger partial charge in [0.1, 0.15) is 18.0 Å². The first kappa shape index (κ1) is 16.7. The summed E-state index contributed by atoms with van der Waals surface area (Å²) in [6.45, 7) is 4.96. The Morgan fingerprint density at radius 2 is 1.91 bits per heavy atom. The predicted octanol–water partition coefficient (Wildman–Crippen LogP) is 1.35. The molecule has 2 aliphatic rings. The number of hydrogen-bond acceptors (Lipinski definition) is 5. The number of aryl methyl sites for hydroxylation is 1. The fourth-order valence-electron chi connectivity index (χ4n) is 3.44. The minimum atomic E-state index is -1.22. The van der Waals surface area contributed by atoms with Gasteiger partial charge in [-0.2, -0.15) is 0 Å².